The number of hydrogen-bond donors (Lipinski definition) is 1. The van der Waals surface area contributed by atoms with Crippen LogP contribution < -0.4 is 5.32 Å². The largest absolute Gasteiger partial charge is 0.352 e. The van der Waals surface area contributed by atoms with Gasteiger partial charge in [-0.1, -0.05) is 17.7 Å². The fraction of sp³-hybridized carbons (Fsp3) is 0.526. The molecule has 0 spiro atoms. The molecule has 0 saturated carbocycles. The molecule has 2 rings (SSSR count). The Kier molecular flexibility index (Phi) is 7.46. The van der Waals surface area contributed by atoms with Gasteiger partial charge in [0.15, 0.2) is 0 Å². The van der Waals surface area contributed by atoms with E-state index in [0.29, 0.717) is 26.1 Å². The van der Waals surface area contributed by atoms with Crippen molar-refractivity contribution in [3.63, 3.8) is 0 Å². The van der Waals surface area contributed by atoms with Crippen LogP contribution >= 0.6 is 0 Å². The Bertz CT molecular complexity index is 569. The summed E-state index contributed by atoms with van der Waals surface area (Å²) in [6.45, 7) is 3.22. The Morgan fingerprint density at radius 1 is 1.29 bits per heavy atom. The van der Waals surface area contributed by atoms with Crippen molar-refractivity contribution in [2.75, 3.05) is 13.1 Å². The highest BCUT2D eigenvalue weighted by Crippen LogP contribution is 2.20. The average Bonchev–Trinajstić information content (AvgIpc) is 2.61. The quantitative estimate of drug-likeness (QED) is 0.746. The molecule has 2 amide bonds. The van der Waals surface area contributed by atoms with Crippen molar-refractivity contribution in [1.29, 1.82) is 0 Å². The van der Waals surface area contributed by atoms with Gasteiger partial charge < -0.3 is 10.2 Å². The lowest BCUT2D eigenvalue weighted by molar-refractivity contribution is -0.129. The van der Waals surface area contributed by atoms with E-state index in [2.05, 4.69) is 16.4 Å². The molecule has 0 saturated heterocycles. The lowest BCUT2D eigenvalue weighted by Gasteiger charge is -2.22. The molecule has 1 aliphatic rings. The summed E-state index contributed by atoms with van der Waals surface area (Å²) in [4.78, 5) is 29.5. The van der Waals surface area contributed by atoms with Crippen molar-refractivity contribution >= 4 is 11.8 Å². The monoisotopic (exact) mass is 329 g/mol. The van der Waals surface area contributed by atoms with Crippen molar-refractivity contribution in [3.05, 3.63) is 41.7 Å². The summed E-state index contributed by atoms with van der Waals surface area (Å²) in [5, 5.41) is 2.87. The van der Waals surface area contributed by atoms with Gasteiger partial charge in [0, 0.05) is 45.4 Å². The first-order chi connectivity index (χ1) is 11.6. The first-order valence-electron chi connectivity index (χ1n) is 8.74. The van der Waals surface area contributed by atoms with E-state index in [1.807, 2.05) is 12.1 Å². The maximum absolute atomic E-state index is 12.0. The number of rotatable bonds is 8. The van der Waals surface area contributed by atoms with Crippen LogP contribution in [0.5, 0.6) is 0 Å². The van der Waals surface area contributed by atoms with E-state index in [1.54, 1.807) is 24.2 Å². The lowest BCUT2D eigenvalue weighted by Crippen LogP contribution is -2.34. The molecule has 1 N–H and O–H groups in total. The third-order valence-electron chi connectivity index (χ3n) is 4.35. The maximum Gasteiger partial charge on any atom is 0.222 e. The van der Waals surface area contributed by atoms with E-state index in [-0.39, 0.29) is 11.8 Å². The number of carbonyl (C=O) groups is 2. The molecular weight excluding hydrogens is 302 g/mol. The number of pyridine rings is 1. The minimum absolute atomic E-state index is 0.0338. The Balaban J connectivity index is 1.71. The van der Waals surface area contributed by atoms with Crippen molar-refractivity contribution < 1.29 is 9.59 Å². The highest BCUT2D eigenvalue weighted by molar-refractivity contribution is 5.78. The van der Waals surface area contributed by atoms with Gasteiger partial charge in [0.1, 0.15) is 0 Å². The predicted octanol–water partition coefficient (Wildman–Crippen LogP) is 2.83. The molecule has 0 fully saturated rings. The highest BCUT2D eigenvalue weighted by atomic mass is 16.2. The average molecular weight is 329 g/mol. The zero-order valence-electron chi connectivity index (χ0n) is 14.5. The van der Waals surface area contributed by atoms with Gasteiger partial charge in [-0.25, -0.2) is 0 Å². The molecule has 1 heterocycles. The summed E-state index contributed by atoms with van der Waals surface area (Å²) in [6, 6.07) is 3.77. The summed E-state index contributed by atoms with van der Waals surface area (Å²) in [5.74, 6) is -0.00606. The van der Waals surface area contributed by atoms with Crippen molar-refractivity contribution in [2.24, 2.45) is 0 Å². The topological polar surface area (TPSA) is 62.3 Å². The van der Waals surface area contributed by atoms with Crippen LogP contribution in [-0.2, 0) is 16.1 Å². The smallest absolute Gasteiger partial charge is 0.222 e. The van der Waals surface area contributed by atoms with Gasteiger partial charge in [-0.3, -0.25) is 14.6 Å². The first-order valence-corrected chi connectivity index (χ1v) is 8.74. The van der Waals surface area contributed by atoms with E-state index in [9.17, 15) is 9.59 Å². The number of allylic oxidation sites excluding steroid dienone is 1. The summed E-state index contributed by atoms with van der Waals surface area (Å²) in [6.07, 6.45) is 11.8. The molecule has 0 atom stereocenters. The van der Waals surface area contributed by atoms with Crippen LogP contribution in [0.3, 0.4) is 0 Å². The number of aromatic nitrogens is 1. The molecule has 0 aromatic carbocycles. The Labute approximate surface area is 144 Å². The number of amides is 2. The van der Waals surface area contributed by atoms with Crippen LogP contribution in [0, 0.1) is 0 Å². The summed E-state index contributed by atoms with van der Waals surface area (Å²) in [7, 11) is 0. The molecule has 0 aliphatic heterocycles. The SMILES string of the molecule is CC(=O)N(CCC(=O)NCc1cccnc1)CCC1=CCCCC1. The number of carbonyl (C=O) groups excluding carboxylic acids is 2. The summed E-state index contributed by atoms with van der Waals surface area (Å²) in [5.41, 5.74) is 2.42. The minimum Gasteiger partial charge on any atom is -0.352 e. The van der Waals surface area contributed by atoms with Gasteiger partial charge >= 0.3 is 0 Å². The third-order valence-corrected chi connectivity index (χ3v) is 4.35. The normalized spacial score (nSPS) is 14.0. The van der Waals surface area contributed by atoms with E-state index in [0.717, 1.165) is 24.8 Å². The van der Waals surface area contributed by atoms with Crippen LogP contribution in [0.1, 0.15) is 51.0 Å². The van der Waals surface area contributed by atoms with Gasteiger partial charge in [0.25, 0.3) is 0 Å². The fourth-order valence-electron chi connectivity index (χ4n) is 2.87. The van der Waals surface area contributed by atoms with Crippen molar-refractivity contribution in [1.82, 2.24) is 15.2 Å². The summed E-state index contributed by atoms with van der Waals surface area (Å²) < 4.78 is 0. The molecule has 5 nitrogen and oxygen atoms in total. The molecule has 1 aromatic heterocycles. The van der Waals surface area contributed by atoms with Crippen LogP contribution in [0.15, 0.2) is 36.2 Å². The van der Waals surface area contributed by atoms with Gasteiger partial charge in [-0.2, -0.15) is 0 Å². The number of nitrogens with one attached hydrogen (secondary N) is 1. The van der Waals surface area contributed by atoms with Gasteiger partial charge in [-0.05, 0) is 43.7 Å². The molecule has 24 heavy (non-hydrogen) atoms. The zero-order chi connectivity index (χ0) is 17.2. The van der Waals surface area contributed by atoms with E-state index in [1.165, 1.54) is 18.4 Å². The van der Waals surface area contributed by atoms with Crippen LogP contribution in [0.4, 0.5) is 0 Å². The third kappa shape index (κ3) is 6.52. The second kappa shape index (κ2) is 9.85. The molecule has 0 bridgehead atoms. The van der Waals surface area contributed by atoms with Crippen LogP contribution in [-0.4, -0.2) is 34.8 Å². The van der Waals surface area contributed by atoms with E-state index >= 15 is 0 Å². The van der Waals surface area contributed by atoms with Crippen molar-refractivity contribution in [3.8, 4) is 0 Å². The lowest BCUT2D eigenvalue weighted by atomic mass is 9.97. The molecule has 0 radical (unpaired) electrons. The Morgan fingerprint density at radius 2 is 2.17 bits per heavy atom. The molecule has 5 heteroatoms. The summed E-state index contributed by atoms with van der Waals surface area (Å²) >= 11 is 0. The van der Waals surface area contributed by atoms with Crippen molar-refractivity contribution in [2.45, 2.75) is 52.0 Å². The van der Waals surface area contributed by atoms with E-state index in [4.69, 9.17) is 0 Å². The van der Waals surface area contributed by atoms with Crippen LogP contribution in [0.2, 0.25) is 0 Å². The number of nitrogens with zero attached hydrogens (tertiary/aromatic N) is 2. The Morgan fingerprint density at radius 3 is 2.83 bits per heavy atom. The minimum atomic E-state index is -0.0398. The van der Waals surface area contributed by atoms with Gasteiger partial charge in [0.2, 0.25) is 11.8 Å². The molecule has 0 unspecified atom stereocenters. The van der Waals surface area contributed by atoms with Gasteiger partial charge in [-0.15, -0.1) is 0 Å². The van der Waals surface area contributed by atoms with Crippen LogP contribution in [0.25, 0.3) is 0 Å². The zero-order valence-corrected chi connectivity index (χ0v) is 14.5. The molecule has 130 valence electrons. The molecule has 1 aromatic rings. The fourth-order valence-corrected chi connectivity index (χ4v) is 2.87. The predicted molar refractivity (Wildman–Crippen MR) is 94.1 cm³/mol. The standard InChI is InChI=1S/C19H27N3O2/c1-16(23)22(12-9-17-6-3-2-4-7-17)13-10-19(24)21-15-18-8-5-11-20-14-18/h5-6,8,11,14H,2-4,7,9-10,12-13,15H2,1H3,(H,21,24). The molecule has 1 aliphatic carbocycles. The Hall–Kier alpha value is -2.17. The number of hydrogen-bond acceptors (Lipinski definition) is 3. The molecular formula is C19H27N3O2. The second-order valence-electron chi connectivity index (χ2n) is 6.25. The maximum atomic E-state index is 12.0. The first kappa shape index (κ1) is 18.2. The highest BCUT2D eigenvalue weighted by Gasteiger charge is 2.12. The van der Waals surface area contributed by atoms with E-state index < -0.39 is 0 Å². The van der Waals surface area contributed by atoms with Gasteiger partial charge in [0.05, 0.1) is 0 Å². The second-order valence-corrected chi connectivity index (χ2v) is 6.25.